The summed E-state index contributed by atoms with van der Waals surface area (Å²) in [5.41, 5.74) is 1.14. The molecule has 1 aliphatic rings. The van der Waals surface area contributed by atoms with Crippen LogP contribution < -0.4 is 15.4 Å². The minimum absolute atomic E-state index is 0. The Hall–Kier alpha value is -0.830. The summed E-state index contributed by atoms with van der Waals surface area (Å²) in [7, 11) is -0.703. The largest absolute Gasteiger partial charge is 0.491 e. The molecular formula is C20H34IN3O2S. The number of hydrogen-bond donors (Lipinski definition) is 2. The number of guanidine groups is 1. The first kappa shape index (κ1) is 24.2. The fraction of sp³-hybridized carbons (Fsp3) is 0.650. The second kappa shape index (κ2) is 13.4. The van der Waals surface area contributed by atoms with E-state index in [1.807, 2.05) is 38.1 Å². The number of nitrogens with one attached hydrogen (secondary N) is 2. The Morgan fingerprint density at radius 3 is 2.78 bits per heavy atom. The van der Waals surface area contributed by atoms with Gasteiger partial charge in [0.05, 0.1) is 6.54 Å². The lowest BCUT2D eigenvalue weighted by atomic mass is 9.95. The minimum atomic E-state index is -0.703. The lowest BCUT2D eigenvalue weighted by Crippen LogP contribution is -2.46. The molecule has 27 heavy (non-hydrogen) atoms. The van der Waals surface area contributed by atoms with Crippen LogP contribution in [0.4, 0.5) is 0 Å². The van der Waals surface area contributed by atoms with E-state index in [1.165, 1.54) is 0 Å². The molecule has 2 N–H and O–H groups in total. The Morgan fingerprint density at radius 2 is 2.07 bits per heavy atom. The van der Waals surface area contributed by atoms with E-state index in [-0.39, 0.29) is 24.0 Å². The second-order valence-electron chi connectivity index (χ2n) is 6.67. The molecule has 1 saturated carbocycles. The Labute approximate surface area is 183 Å². The van der Waals surface area contributed by atoms with Gasteiger partial charge in [0.15, 0.2) is 5.96 Å². The lowest BCUT2D eigenvalue weighted by Gasteiger charge is -2.30. The zero-order valence-corrected chi connectivity index (χ0v) is 19.8. The third kappa shape index (κ3) is 8.37. The summed E-state index contributed by atoms with van der Waals surface area (Å²) < 4.78 is 17.9. The normalized spacial score (nSPS) is 21.1. The highest BCUT2D eigenvalue weighted by Gasteiger charge is 2.25. The zero-order chi connectivity index (χ0) is 18.8. The molecule has 0 spiro atoms. The van der Waals surface area contributed by atoms with Crippen molar-refractivity contribution in [2.75, 3.05) is 25.4 Å². The predicted octanol–water partition coefficient (Wildman–Crippen LogP) is 3.63. The molecule has 2 rings (SSSR count). The topological polar surface area (TPSA) is 62.7 Å². The molecule has 0 aromatic heterocycles. The van der Waals surface area contributed by atoms with E-state index in [1.54, 1.807) is 0 Å². The predicted molar refractivity (Wildman–Crippen MR) is 126 cm³/mol. The number of benzene rings is 1. The smallest absolute Gasteiger partial charge is 0.191 e. The van der Waals surface area contributed by atoms with Gasteiger partial charge >= 0.3 is 0 Å². The average Bonchev–Trinajstić information content (AvgIpc) is 2.66. The highest BCUT2D eigenvalue weighted by atomic mass is 127. The maximum atomic E-state index is 12.1. The molecule has 3 atom stereocenters. The number of aliphatic imine (C=N–C) groups is 1. The van der Waals surface area contributed by atoms with Crippen LogP contribution in [0.15, 0.2) is 29.3 Å². The Kier molecular flexibility index (Phi) is 12.0. The van der Waals surface area contributed by atoms with Gasteiger partial charge in [0.25, 0.3) is 0 Å². The molecule has 0 saturated heterocycles. The van der Waals surface area contributed by atoms with Crippen molar-refractivity contribution in [3.63, 3.8) is 0 Å². The molecule has 3 unspecified atom stereocenters. The fourth-order valence-corrected chi connectivity index (χ4v) is 4.64. The third-order valence-electron chi connectivity index (χ3n) is 4.68. The highest BCUT2D eigenvalue weighted by Crippen LogP contribution is 2.23. The van der Waals surface area contributed by atoms with Crippen LogP contribution in [0.5, 0.6) is 5.75 Å². The van der Waals surface area contributed by atoms with Gasteiger partial charge in [-0.2, -0.15) is 0 Å². The molecular weight excluding hydrogens is 473 g/mol. The lowest BCUT2D eigenvalue weighted by molar-refractivity contribution is 0.326. The van der Waals surface area contributed by atoms with Gasteiger partial charge in [-0.1, -0.05) is 31.5 Å². The maximum Gasteiger partial charge on any atom is 0.191 e. The van der Waals surface area contributed by atoms with Crippen LogP contribution in [0.3, 0.4) is 0 Å². The van der Waals surface area contributed by atoms with E-state index < -0.39 is 10.8 Å². The van der Waals surface area contributed by atoms with Crippen molar-refractivity contribution in [2.24, 2.45) is 4.99 Å². The summed E-state index contributed by atoms with van der Waals surface area (Å²) in [6.45, 7) is 8.09. The SMILES string of the molecule is CCNC(=NCCOc1ccccc1C)NC1CCCC(S(=O)CC)C1.I. The monoisotopic (exact) mass is 507 g/mol. The molecule has 1 aromatic carbocycles. The van der Waals surface area contributed by atoms with Crippen molar-refractivity contribution in [2.45, 2.75) is 57.7 Å². The third-order valence-corrected chi connectivity index (χ3v) is 6.42. The first-order valence-electron chi connectivity index (χ1n) is 9.74. The molecule has 0 amide bonds. The highest BCUT2D eigenvalue weighted by molar-refractivity contribution is 14.0. The van der Waals surface area contributed by atoms with Gasteiger partial charge in [-0.15, -0.1) is 24.0 Å². The number of halogens is 1. The van der Waals surface area contributed by atoms with Crippen LogP contribution in [-0.4, -0.2) is 46.9 Å². The van der Waals surface area contributed by atoms with E-state index >= 15 is 0 Å². The molecule has 0 bridgehead atoms. The molecule has 0 radical (unpaired) electrons. The molecule has 0 heterocycles. The summed E-state index contributed by atoms with van der Waals surface area (Å²) in [6.07, 6.45) is 4.28. The van der Waals surface area contributed by atoms with E-state index in [2.05, 4.69) is 22.5 Å². The van der Waals surface area contributed by atoms with Crippen molar-refractivity contribution >= 4 is 40.7 Å². The number of aryl methyl sites for hydroxylation is 1. The summed E-state index contributed by atoms with van der Waals surface area (Å²) in [5, 5.41) is 7.15. The summed E-state index contributed by atoms with van der Waals surface area (Å²) in [4.78, 5) is 4.64. The first-order chi connectivity index (χ1) is 12.6. The molecule has 154 valence electrons. The summed E-state index contributed by atoms with van der Waals surface area (Å²) in [6, 6.07) is 8.37. The van der Waals surface area contributed by atoms with Gasteiger partial charge in [0.2, 0.25) is 0 Å². The summed E-state index contributed by atoms with van der Waals surface area (Å²) >= 11 is 0. The standard InChI is InChI=1S/C20H33N3O2S.HI/c1-4-21-20(22-13-14-25-19-12-7-6-9-16(19)3)23-17-10-8-11-18(15-17)26(24)5-2;/h6-7,9,12,17-18H,4-5,8,10-11,13-15H2,1-3H3,(H2,21,22,23);1H. The van der Waals surface area contributed by atoms with Gasteiger partial charge in [-0.25, -0.2) is 4.99 Å². The van der Waals surface area contributed by atoms with Crippen molar-refractivity contribution in [1.29, 1.82) is 0 Å². The summed E-state index contributed by atoms with van der Waals surface area (Å²) in [5.74, 6) is 2.49. The van der Waals surface area contributed by atoms with E-state index in [4.69, 9.17) is 4.74 Å². The molecule has 1 aliphatic carbocycles. The molecule has 1 fully saturated rings. The van der Waals surface area contributed by atoms with Crippen molar-refractivity contribution < 1.29 is 8.95 Å². The second-order valence-corrected chi connectivity index (χ2v) is 8.68. The number of nitrogens with zero attached hydrogens (tertiary/aromatic N) is 1. The van der Waals surface area contributed by atoms with Gasteiger partial charge in [-0.05, 0) is 44.7 Å². The number of para-hydroxylation sites is 1. The first-order valence-corrected chi connectivity index (χ1v) is 11.1. The van der Waals surface area contributed by atoms with Crippen LogP contribution >= 0.6 is 24.0 Å². The van der Waals surface area contributed by atoms with Crippen LogP contribution in [0.2, 0.25) is 0 Å². The molecule has 7 heteroatoms. The fourth-order valence-electron chi connectivity index (χ4n) is 3.30. The van der Waals surface area contributed by atoms with E-state index in [9.17, 15) is 4.21 Å². The van der Waals surface area contributed by atoms with Gasteiger partial charge in [0, 0.05) is 34.4 Å². The average molecular weight is 507 g/mol. The van der Waals surface area contributed by atoms with E-state index in [0.29, 0.717) is 24.4 Å². The van der Waals surface area contributed by atoms with Crippen molar-refractivity contribution in [3.05, 3.63) is 29.8 Å². The van der Waals surface area contributed by atoms with Crippen LogP contribution in [-0.2, 0) is 10.8 Å². The van der Waals surface area contributed by atoms with Crippen LogP contribution in [0.1, 0.15) is 45.1 Å². The molecule has 5 nitrogen and oxygen atoms in total. The number of ether oxygens (including phenoxy) is 1. The number of rotatable bonds is 8. The Bertz CT molecular complexity index is 613. The zero-order valence-electron chi connectivity index (χ0n) is 16.7. The number of hydrogen-bond acceptors (Lipinski definition) is 3. The van der Waals surface area contributed by atoms with Gasteiger partial charge in [0.1, 0.15) is 12.4 Å². The molecule has 0 aliphatic heterocycles. The quantitative estimate of drug-likeness (QED) is 0.244. The van der Waals surface area contributed by atoms with Crippen molar-refractivity contribution in [3.8, 4) is 5.75 Å². The van der Waals surface area contributed by atoms with Crippen LogP contribution in [0.25, 0.3) is 0 Å². The van der Waals surface area contributed by atoms with Gasteiger partial charge < -0.3 is 15.4 Å². The Morgan fingerprint density at radius 1 is 1.30 bits per heavy atom. The maximum absolute atomic E-state index is 12.1. The minimum Gasteiger partial charge on any atom is -0.491 e. The van der Waals surface area contributed by atoms with E-state index in [0.717, 1.165) is 55.3 Å². The van der Waals surface area contributed by atoms with Crippen molar-refractivity contribution in [1.82, 2.24) is 10.6 Å². The van der Waals surface area contributed by atoms with Gasteiger partial charge in [-0.3, -0.25) is 4.21 Å². The Balaban J connectivity index is 0.00000364. The molecule has 1 aromatic rings. The van der Waals surface area contributed by atoms with Crippen LogP contribution in [0, 0.1) is 6.92 Å².